The van der Waals surface area contributed by atoms with Gasteiger partial charge in [0.05, 0.1) is 35.7 Å². The first-order valence-electron chi connectivity index (χ1n) is 5.74. The van der Waals surface area contributed by atoms with Gasteiger partial charge in [-0.25, -0.2) is 9.78 Å². The highest BCUT2D eigenvalue weighted by molar-refractivity contribution is 9.10. The number of rotatable bonds is 3. The van der Waals surface area contributed by atoms with Gasteiger partial charge in [-0.15, -0.1) is 0 Å². The van der Waals surface area contributed by atoms with E-state index >= 15 is 0 Å². The number of hydrogen-bond acceptors (Lipinski definition) is 4. The van der Waals surface area contributed by atoms with Gasteiger partial charge in [0.15, 0.2) is 0 Å². The summed E-state index contributed by atoms with van der Waals surface area (Å²) in [4.78, 5) is 15.9. The van der Waals surface area contributed by atoms with Crippen molar-refractivity contribution in [3.8, 4) is 0 Å². The molecule has 2 rings (SSSR count). The van der Waals surface area contributed by atoms with E-state index in [-0.39, 0.29) is 0 Å². The summed E-state index contributed by atoms with van der Waals surface area (Å²) < 4.78 is 9.31. The van der Waals surface area contributed by atoms with E-state index in [1.807, 2.05) is 25.5 Å². The van der Waals surface area contributed by atoms with Gasteiger partial charge in [-0.3, -0.25) is 4.68 Å². The van der Waals surface area contributed by atoms with Crippen LogP contribution in [0.25, 0.3) is 0 Å². The Hall–Kier alpha value is -1.63. The maximum Gasteiger partial charge on any atom is 0.356 e. The van der Waals surface area contributed by atoms with Gasteiger partial charge in [-0.2, -0.15) is 5.10 Å². The predicted molar refractivity (Wildman–Crippen MR) is 73.1 cm³/mol. The van der Waals surface area contributed by atoms with Gasteiger partial charge in [0.2, 0.25) is 0 Å². The molecule has 0 atom stereocenters. The molecule has 0 bridgehead atoms. The van der Waals surface area contributed by atoms with Gasteiger partial charge in [0, 0.05) is 7.05 Å². The molecule has 6 nitrogen and oxygen atoms in total. The monoisotopic (exact) mass is 326 g/mol. The van der Waals surface area contributed by atoms with E-state index in [0.717, 1.165) is 21.7 Å². The summed E-state index contributed by atoms with van der Waals surface area (Å²) in [6, 6.07) is 0. The second-order valence-corrected chi connectivity index (χ2v) is 5.03. The Morgan fingerprint density at radius 2 is 2.16 bits per heavy atom. The zero-order chi connectivity index (χ0) is 14.2. The van der Waals surface area contributed by atoms with E-state index in [1.54, 1.807) is 4.68 Å². The molecule has 0 spiro atoms. The van der Waals surface area contributed by atoms with Gasteiger partial charge in [-0.05, 0) is 29.8 Å². The number of hydrogen-bond donors (Lipinski definition) is 0. The number of imidazole rings is 1. The Morgan fingerprint density at radius 1 is 1.47 bits per heavy atom. The van der Waals surface area contributed by atoms with Crippen LogP contribution in [0.15, 0.2) is 10.7 Å². The molecule has 2 aromatic rings. The van der Waals surface area contributed by atoms with Crippen LogP contribution in [-0.2, 0) is 18.3 Å². The highest BCUT2D eigenvalue weighted by atomic mass is 79.9. The van der Waals surface area contributed by atoms with Crippen LogP contribution in [0.2, 0.25) is 0 Å². The van der Waals surface area contributed by atoms with Crippen molar-refractivity contribution >= 4 is 21.9 Å². The van der Waals surface area contributed by atoms with E-state index in [9.17, 15) is 4.79 Å². The maximum atomic E-state index is 11.7. The van der Waals surface area contributed by atoms with E-state index in [0.29, 0.717) is 12.2 Å². The quantitative estimate of drug-likeness (QED) is 0.807. The first-order chi connectivity index (χ1) is 8.95. The summed E-state index contributed by atoms with van der Waals surface area (Å²) in [5, 5.41) is 4.34. The smallest absolute Gasteiger partial charge is 0.356 e. The van der Waals surface area contributed by atoms with Crippen molar-refractivity contribution in [2.45, 2.75) is 20.4 Å². The van der Waals surface area contributed by atoms with Crippen molar-refractivity contribution in [2.24, 2.45) is 7.05 Å². The first kappa shape index (κ1) is 13.8. The van der Waals surface area contributed by atoms with Gasteiger partial charge in [0.25, 0.3) is 0 Å². The molecule has 0 radical (unpaired) electrons. The third kappa shape index (κ3) is 2.42. The van der Waals surface area contributed by atoms with Gasteiger partial charge in [0.1, 0.15) is 11.5 Å². The molecule has 2 heterocycles. The molecule has 0 unspecified atom stereocenters. The Labute approximate surface area is 119 Å². The molecule has 0 aliphatic rings. The van der Waals surface area contributed by atoms with Crippen molar-refractivity contribution in [2.75, 3.05) is 7.11 Å². The number of carbonyl (C=O) groups excluding carboxylic acids is 1. The minimum atomic E-state index is -0.393. The molecule has 7 heteroatoms. The highest BCUT2D eigenvalue weighted by Gasteiger charge is 2.18. The first-order valence-corrected chi connectivity index (χ1v) is 6.53. The summed E-state index contributed by atoms with van der Waals surface area (Å²) in [7, 11) is 3.23. The van der Waals surface area contributed by atoms with Crippen LogP contribution in [0.3, 0.4) is 0 Å². The average Bonchev–Trinajstić information content (AvgIpc) is 2.85. The van der Waals surface area contributed by atoms with Crippen molar-refractivity contribution in [3.05, 3.63) is 33.6 Å². The van der Waals surface area contributed by atoms with Crippen LogP contribution >= 0.6 is 15.9 Å². The SMILES string of the molecule is COC(=O)c1cnc(C)n1Cc1c(Br)c(C)nn1C. The summed E-state index contributed by atoms with van der Waals surface area (Å²) in [5.41, 5.74) is 2.32. The average molecular weight is 327 g/mol. The zero-order valence-corrected chi connectivity index (χ0v) is 12.9. The Balaban J connectivity index is 2.43. The minimum Gasteiger partial charge on any atom is -0.464 e. The summed E-state index contributed by atoms with van der Waals surface area (Å²) in [5.74, 6) is 0.363. The second-order valence-electron chi connectivity index (χ2n) is 4.24. The largest absolute Gasteiger partial charge is 0.464 e. The maximum absolute atomic E-state index is 11.7. The Bertz CT molecular complexity index is 630. The van der Waals surface area contributed by atoms with Crippen molar-refractivity contribution in [3.63, 3.8) is 0 Å². The molecule has 0 aliphatic carbocycles. The van der Waals surface area contributed by atoms with Crippen LogP contribution in [0, 0.1) is 13.8 Å². The number of esters is 1. The number of aromatic nitrogens is 4. The molecule has 0 fully saturated rings. The molecule has 0 amide bonds. The fourth-order valence-corrected chi connectivity index (χ4v) is 2.40. The van der Waals surface area contributed by atoms with E-state index < -0.39 is 5.97 Å². The number of methoxy groups -OCH3 is 1. The number of ether oxygens (including phenoxy) is 1. The van der Waals surface area contributed by atoms with Gasteiger partial charge >= 0.3 is 5.97 Å². The normalized spacial score (nSPS) is 10.8. The molecular weight excluding hydrogens is 312 g/mol. The summed E-state index contributed by atoms with van der Waals surface area (Å²) in [6.45, 7) is 4.29. The fourth-order valence-electron chi connectivity index (χ4n) is 1.94. The lowest BCUT2D eigenvalue weighted by Crippen LogP contribution is -2.14. The lowest BCUT2D eigenvalue weighted by Gasteiger charge is -2.09. The van der Waals surface area contributed by atoms with Crippen LogP contribution in [0.1, 0.15) is 27.7 Å². The van der Waals surface area contributed by atoms with Crippen LogP contribution in [0.4, 0.5) is 0 Å². The van der Waals surface area contributed by atoms with Crippen LogP contribution < -0.4 is 0 Å². The van der Waals surface area contributed by atoms with Crippen molar-refractivity contribution in [1.82, 2.24) is 19.3 Å². The molecule has 2 aromatic heterocycles. The molecule has 0 N–H and O–H groups in total. The lowest BCUT2D eigenvalue weighted by atomic mass is 10.3. The second kappa shape index (κ2) is 5.16. The van der Waals surface area contributed by atoms with E-state index in [1.165, 1.54) is 13.3 Å². The van der Waals surface area contributed by atoms with Crippen molar-refractivity contribution in [1.29, 1.82) is 0 Å². The molecule has 0 saturated heterocycles. The molecule has 102 valence electrons. The lowest BCUT2D eigenvalue weighted by molar-refractivity contribution is 0.0588. The molecule has 0 saturated carbocycles. The van der Waals surface area contributed by atoms with Crippen LogP contribution in [-0.4, -0.2) is 32.4 Å². The Morgan fingerprint density at radius 3 is 2.68 bits per heavy atom. The third-order valence-electron chi connectivity index (χ3n) is 3.02. The number of aryl methyl sites for hydroxylation is 3. The molecular formula is C12H15BrN4O2. The highest BCUT2D eigenvalue weighted by Crippen LogP contribution is 2.22. The zero-order valence-electron chi connectivity index (χ0n) is 11.3. The standard InChI is InChI=1S/C12H15BrN4O2/c1-7-11(13)10(16(3)15-7)6-17-8(2)14-5-9(17)12(18)19-4/h5H,6H2,1-4H3. The third-order valence-corrected chi connectivity index (χ3v) is 4.05. The molecule has 19 heavy (non-hydrogen) atoms. The summed E-state index contributed by atoms with van der Waals surface area (Å²) >= 11 is 3.52. The molecule has 0 aliphatic heterocycles. The topological polar surface area (TPSA) is 61.9 Å². The predicted octanol–water partition coefficient (Wildman–Crippen LogP) is 1.83. The van der Waals surface area contributed by atoms with Crippen LogP contribution in [0.5, 0.6) is 0 Å². The van der Waals surface area contributed by atoms with E-state index in [4.69, 9.17) is 4.74 Å². The summed E-state index contributed by atoms with van der Waals surface area (Å²) in [6.07, 6.45) is 1.53. The van der Waals surface area contributed by atoms with Crippen molar-refractivity contribution < 1.29 is 9.53 Å². The van der Waals surface area contributed by atoms with Gasteiger partial charge in [-0.1, -0.05) is 0 Å². The fraction of sp³-hybridized carbons (Fsp3) is 0.417. The number of carbonyl (C=O) groups is 1. The minimum absolute atomic E-state index is 0.393. The Kier molecular flexibility index (Phi) is 3.75. The molecule has 0 aromatic carbocycles. The van der Waals surface area contributed by atoms with Gasteiger partial charge < -0.3 is 9.30 Å². The number of halogens is 1. The number of nitrogens with zero attached hydrogens (tertiary/aromatic N) is 4. The van der Waals surface area contributed by atoms with E-state index in [2.05, 4.69) is 26.0 Å².